The van der Waals surface area contributed by atoms with Gasteiger partial charge in [0.2, 0.25) is 6.23 Å². The van der Waals surface area contributed by atoms with Gasteiger partial charge in [-0.05, 0) is 0 Å². The first kappa shape index (κ1) is 6.06. The molecule has 5 heteroatoms. The molecule has 0 saturated carbocycles. The quantitative estimate of drug-likeness (QED) is 0.410. The van der Waals surface area contributed by atoms with E-state index in [0.29, 0.717) is 5.06 Å². The smallest absolute Gasteiger partial charge is 0.211 e. The third-order valence-corrected chi connectivity index (χ3v) is 0.907. The minimum absolute atomic E-state index is 0.375. The normalized spacial score (nSPS) is 26.2. The molecule has 1 rings (SSSR count). The van der Waals surface area contributed by atoms with Crippen molar-refractivity contribution in [3.05, 3.63) is 12.0 Å². The van der Waals surface area contributed by atoms with E-state index in [1.807, 2.05) is 0 Å². The monoisotopic (exact) mass is 130 g/mol. The highest BCUT2D eigenvalue weighted by molar-refractivity contribution is 5.56. The minimum Gasteiger partial charge on any atom is -0.506 e. The molecular weight excluding hydrogens is 124 g/mol. The van der Waals surface area contributed by atoms with E-state index < -0.39 is 6.23 Å². The molecule has 0 aromatic heterocycles. The summed E-state index contributed by atoms with van der Waals surface area (Å²) in [6.07, 6.45) is 0.671. The van der Waals surface area contributed by atoms with Crippen LogP contribution in [0.5, 0.6) is 0 Å². The first-order valence-electron chi connectivity index (χ1n) is 2.29. The number of hydrogen-bond acceptors (Lipinski definition) is 5. The van der Waals surface area contributed by atoms with Crippen LogP contribution in [0, 0.1) is 0 Å². The van der Waals surface area contributed by atoms with E-state index in [9.17, 15) is 0 Å². The maximum atomic E-state index is 8.71. The van der Waals surface area contributed by atoms with E-state index in [4.69, 9.17) is 15.4 Å². The largest absolute Gasteiger partial charge is 0.506 e. The second-order valence-electron chi connectivity index (χ2n) is 1.57. The lowest BCUT2D eigenvalue weighted by molar-refractivity contribution is -0.130. The number of aliphatic hydroxyl groups is 2. The molecule has 1 aliphatic rings. The molecular formula is C4H6N2O3. The second kappa shape index (κ2) is 2.04. The Morgan fingerprint density at radius 1 is 1.67 bits per heavy atom. The summed E-state index contributed by atoms with van der Waals surface area (Å²) in [6, 6.07) is 0. The van der Waals surface area contributed by atoms with Crippen molar-refractivity contribution in [3.63, 3.8) is 0 Å². The van der Waals surface area contributed by atoms with E-state index in [-0.39, 0.29) is 5.76 Å². The van der Waals surface area contributed by atoms with Gasteiger partial charge in [-0.25, -0.2) is 10.1 Å². The topological polar surface area (TPSA) is 76.3 Å². The maximum Gasteiger partial charge on any atom is 0.211 e. The summed E-state index contributed by atoms with van der Waals surface area (Å²) in [6.45, 7) is 0. The van der Waals surface area contributed by atoms with Crippen LogP contribution in [0.2, 0.25) is 0 Å². The Bertz CT molecular complexity index is 165. The van der Waals surface area contributed by atoms with Gasteiger partial charge in [0.25, 0.3) is 0 Å². The number of rotatable bonds is 0. The Morgan fingerprint density at radius 2 is 2.33 bits per heavy atom. The van der Waals surface area contributed by atoms with Gasteiger partial charge in [-0.1, -0.05) is 0 Å². The van der Waals surface area contributed by atoms with Crippen molar-refractivity contribution in [2.75, 3.05) is 0 Å². The molecule has 0 aromatic rings. The highest BCUT2D eigenvalue weighted by atomic mass is 16.5. The molecule has 0 radical (unpaired) electrons. The fraction of sp³-hybridized carbons (Fsp3) is 0.250. The molecule has 0 bridgehead atoms. The average molecular weight is 130 g/mol. The fourth-order valence-electron chi connectivity index (χ4n) is 0.443. The number of hydroxylamine groups is 2. The summed E-state index contributed by atoms with van der Waals surface area (Å²) in [5, 5.41) is 26.3. The summed E-state index contributed by atoms with van der Waals surface area (Å²) < 4.78 is 0. The zero-order chi connectivity index (χ0) is 6.85. The third-order valence-electron chi connectivity index (χ3n) is 0.907. The summed E-state index contributed by atoms with van der Waals surface area (Å²) >= 11 is 0. The summed E-state index contributed by atoms with van der Waals surface area (Å²) in [5.74, 6) is -0.375. The van der Waals surface area contributed by atoms with E-state index in [0.717, 1.165) is 12.5 Å². The highest BCUT2D eigenvalue weighted by Gasteiger charge is 2.17. The average Bonchev–Trinajstić information content (AvgIpc) is 1.83. The van der Waals surface area contributed by atoms with Crippen LogP contribution >= 0.6 is 0 Å². The Hall–Kier alpha value is -1.07. The maximum absolute atomic E-state index is 8.71. The molecule has 1 heterocycles. The van der Waals surface area contributed by atoms with Crippen molar-refractivity contribution in [3.8, 4) is 0 Å². The Kier molecular flexibility index (Phi) is 1.37. The van der Waals surface area contributed by atoms with Gasteiger partial charge in [0, 0.05) is 0 Å². The number of aliphatic hydroxyl groups excluding tert-OH is 2. The zero-order valence-corrected chi connectivity index (χ0v) is 4.47. The van der Waals surface area contributed by atoms with Crippen molar-refractivity contribution < 1.29 is 15.4 Å². The van der Waals surface area contributed by atoms with Gasteiger partial charge in [0.15, 0.2) is 5.76 Å². The van der Waals surface area contributed by atoms with Crippen molar-refractivity contribution in [2.24, 2.45) is 4.99 Å². The highest BCUT2D eigenvalue weighted by Crippen LogP contribution is 2.04. The van der Waals surface area contributed by atoms with Crippen LogP contribution in [-0.2, 0) is 0 Å². The van der Waals surface area contributed by atoms with Gasteiger partial charge in [-0.15, -0.1) is 0 Å². The van der Waals surface area contributed by atoms with Gasteiger partial charge >= 0.3 is 0 Å². The Balaban J connectivity index is 2.73. The predicted octanol–water partition coefficient (Wildman–Crippen LogP) is -0.563. The molecule has 0 fully saturated rings. The zero-order valence-electron chi connectivity index (χ0n) is 4.47. The molecule has 1 aliphatic heterocycles. The lowest BCUT2D eigenvalue weighted by atomic mass is 10.4. The standard InChI is InChI=1S/C4H6N2O3/c7-3-1-5-2-6(9)4(3)8/h1-2,4,7-9H. The van der Waals surface area contributed by atoms with Crippen LogP contribution in [-0.4, -0.2) is 33.0 Å². The van der Waals surface area contributed by atoms with Crippen LogP contribution in [0.1, 0.15) is 0 Å². The SMILES string of the molecule is OC1=CN=CN(O)C1O. The molecule has 9 heavy (non-hydrogen) atoms. The summed E-state index contributed by atoms with van der Waals surface area (Å²) in [5.41, 5.74) is 0. The molecule has 50 valence electrons. The molecule has 3 N–H and O–H groups in total. The van der Waals surface area contributed by atoms with Gasteiger partial charge in [-0.3, -0.25) is 5.21 Å². The predicted molar refractivity (Wildman–Crippen MR) is 28.8 cm³/mol. The molecule has 5 nitrogen and oxygen atoms in total. The number of nitrogens with zero attached hydrogens (tertiary/aromatic N) is 2. The Morgan fingerprint density at radius 3 is 2.78 bits per heavy atom. The molecule has 0 saturated heterocycles. The lowest BCUT2D eigenvalue weighted by Crippen LogP contribution is -2.34. The number of hydrogen-bond donors (Lipinski definition) is 3. The van der Waals surface area contributed by atoms with Crippen LogP contribution in [0.3, 0.4) is 0 Å². The first-order chi connectivity index (χ1) is 4.22. The van der Waals surface area contributed by atoms with E-state index in [1.165, 1.54) is 0 Å². The van der Waals surface area contributed by atoms with Gasteiger partial charge < -0.3 is 10.2 Å². The van der Waals surface area contributed by atoms with Crippen molar-refractivity contribution in [1.29, 1.82) is 0 Å². The van der Waals surface area contributed by atoms with Crippen LogP contribution in [0.15, 0.2) is 17.0 Å². The minimum atomic E-state index is -1.37. The van der Waals surface area contributed by atoms with E-state index in [1.54, 1.807) is 0 Å². The third kappa shape index (κ3) is 1.01. The molecule has 1 atom stereocenters. The van der Waals surface area contributed by atoms with Crippen molar-refractivity contribution in [2.45, 2.75) is 6.23 Å². The van der Waals surface area contributed by atoms with Crippen LogP contribution in [0.25, 0.3) is 0 Å². The van der Waals surface area contributed by atoms with Gasteiger partial charge in [0.1, 0.15) is 6.34 Å². The first-order valence-corrected chi connectivity index (χ1v) is 2.29. The van der Waals surface area contributed by atoms with Gasteiger partial charge in [0.05, 0.1) is 6.20 Å². The summed E-state index contributed by atoms with van der Waals surface area (Å²) in [4.78, 5) is 3.37. The van der Waals surface area contributed by atoms with Crippen molar-refractivity contribution in [1.82, 2.24) is 5.06 Å². The second-order valence-corrected chi connectivity index (χ2v) is 1.57. The molecule has 1 unspecified atom stereocenters. The van der Waals surface area contributed by atoms with Crippen molar-refractivity contribution >= 4 is 6.34 Å². The lowest BCUT2D eigenvalue weighted by Gasteiger charge is -2.19. The molecule has 0 aromatic carbocycles. The van der Waals surface area contributed by atoms with E-state index >= 15 is 0 Å². The summed E-state index contributed by atoms with van der Waals surface area (Å²) in [7, 11) is 0. The van der Waals surface area contributed by atoms with Crippen LogP contribution in [0.4, 0.5) is 0 Å². The molecule has 0 spiro atoms. The Labute approximate surface area is 51.1 Å². The molecule has 0 aliphatic carbocycles. The fourth-order valence-corrected chi connectivity index (χ4v) is 0.443. The number of aliphatic imine (C=N–C) groups is 1. The molecule has 0 amide bonds. The van der Waals surface area contributed by atoms with E-state index in [2.05, 4.69) is 4.99 Å². The van der Waals surface area contributed by atoms with Gasteiger partial charge in [-0.2, -0.15) is 0 Å². The van der Waals surface area contributed by atoms with Crippen LogP contribution < -0.4 is 0 Å².